The number of hydrogen-bond donors (Lipinski definition) is 2. The number of H-pyrrole nitrogens is 1. The summed E-state index contributed by atoms with van der Waals surface area (Å²) in [4.78, 5) is 22.6. The summed E-state index contributed by atoms with van der Waals surface area (Å²) >= 11 is 6.14. The molecule has 2 aromatic rings. The minimum absolute atomic E-state index is 0.0583. The SMILES string of the molecule is CCCCc1nc(-c2nccn2CC(N)=O)c(Cl)[nH]1. The lowest BCUT2D eigenvalue weighted by atomic mass is 10.2. The summed E-state index contributed by atoms with van der Waals surface area (Å²) in [6.45, 7) is 2.17. The number of carbonyl (C=O) groups is 1. The Bertz CT molecular complexity index is 574. The van der Waals surface area contributed by atoms with Gasteiger partial charge in [-0.25, -0.2) is 9.97 Å². The summed E-state index contributed by atoms with van der Waals surface area (Å²) in [5, 5.41) is 0.433. The fourth-order valence-electron chi connectivity index (χ4n) is 1.83. The molecule has 7 heteroatoms. The molecule has 2 rings (SSSR count). The zero-order valence-electron chi connectivity index (χ0n) is 10.7. The Morgan fingerprint density at radius 1 is 1.58 bits per heavy atom. The zero-order valence-corrected chi connectivity index (χ0v) is 11.4. The van der Waals surface area contributed by atoms with Crippen LogP contribution in [0.4, 0.5) is 0 Å². The van der Waals surface area contributed by atoms with Gasteiger partial charge in [-0.1, -0.05) is 24.9 Å². The predicted molar refractivity (Wildman–Crippen MR) is 72.6 cm³/mol. The number of aryl methyl sites for hydroxylation is 1. The number of rotatable bonds is 6. The van der Waals surface area contributed by atoms with E-state index < -0.39 is 5.91 Å². The molecule has 19 heavy (non-hydrogen) atoms. The number of aromatic nitrogens is 4. The molecule has 2 aromatic heterocycles. The fraction of sp³-hybridized carbons (Fsp3) is 0.417. The number of nitrogens with one attached hydrogen (secondary N) is 1. The Morgan fingerprint density at radius 3 is 3.05 bits per heavy atom. The van der Waals surface area contributed by atoms with E-state index in [9.17, 15) is 4.79 Å². The van der Waals surface area contributed by atoms with Crippen molar-refractivity contribution in [3.63, 3.8) is 0 Å². The standard InChI is InChI=1S/C12H16ClN5O/c1-2-3-4-9-16-10(11(13)17-9)12-15-5-6-18(12)7-8(14)19/h5-6H,2-4,7H2,1H3,(H2,14,19)(H,16,17). The van der Waals surface area contributed by atoms with E-state index in [0.29, 0.717) is 16.7 Å². The van der Waals surface area contributed by atoms with Crippen molar-refractivity contribution in [1.82, 2.24) is 19.5 Å². The maximum atomic E-state index is 11.0. The minimum atomic E-state index is -0.433. The molecule has 0 saturated carbocycles. The monoisotopic (exact) mass is 281 g/mol. The first-order valence-electron chi connectivity index (χ1n) is 6.16. The van der Waals surface area contributed by atoms with Gasteiger partial charge in [0.2, 0.25) is 5.91 Å². The topological polar surface area (TPSA) is 89.6 Å². The summed E-state index contributed by atoms with van der Waals surface area (Å²) in [5.41, 5.74) is 5.75. The second-order valence-electron chi connectivity index (χ2n) is 4.29. The van der Waals surface area contributed by atoms with Crippen LogP contribution in [0.2, 0.25) is 5.15 Å². The first-order chi connectivity index (χ1) is 9.11. The van der Waals surface area contributed by atoms with Crippen LogP contribution in [-0.4, -0.2) is 25.4 Å². The van der Waals surface area contributed by atoms with Gasteiger partial charge in [0, 0.05) is 18.8 Å². The number of halogens is 1. The number of hydrogen-bond acceptors (Lipinski definition) is 3. The third-order valence-corrected chi connectivity index (χ3v) is 3.00. The van der Waals surface area contributed by atoms with E-state index in [1.165, 1.54) is 0 Å². The lowest BCUT2D eigenvalue weighted by Gasteiger charge is -2.02. The van der Waals surface area contributed by atoms with E-state index in [4.69, 9.17) is 17.3 Å². The van der Waals surface area contributed by atoms with Crippen molar-refractivity contribution in [3.8, 4) is 11.5 Å². The number of unbranched alkanes of at least 4 members (excludes halogenated alkanes) is 1. The average molecular weight is 282 g/mol. The Labute approximate surface area is 116 Å². The number of imidazole rings is 2. The van der Waals surface area contributed by atoms with Gasteiger partial charge in [-0.3, -0.25) is 4.79 Å². The van der Waals surface area contributed by atoms with Crippen LogP contribution < -0.4 is 5.73 Å². The maximum absolute atomic E-state index is 11.0. The minimum Gasteiger partial charge on any atom is -0.368 e. The number of carbonyl (C=O) groups excluding carboxylic acids is 1. The van der Waals surface area contributed by atoms with Gasteiger partial charge in [0.05, 0.1) is 0 Å². The molecular formula is C12H16ClN5O. The van der Waals surface area contributed by atoms with Gasteiger partial charge in [-0.2, -0.15) is 0 Å². The molecule has 0 aliphatic rings. The van der Waals surface area contributed by atoms with Crippen LogP contribution in [-0.2, 0) is 17.8 Å². The highest BCUT2D eigenvalue weighted by Crippen LogP contribution is 2.24. The Morgan fingerprint density at radius 2 is 2.37 bits per heavy atom. The van der Waals surface area contributed by atoms with Crippen LogP contribution in [0.3, 0.4) is 0 Å². The molecule has 2 heterocycles. The van der Waals surface area contributed by atoms with Crippen LogP contribution in [0.25, 0.3) is 11.5 Å². The van der Waals surface area contributed by atoms with Gasteiger partial charge >= 0.3 is 0 Å². The first-order valence-corrected chi connectivity index (χ1v) is 6.53. The molecule has 0 bridgehead atoms. The van der Waals surface area contributed by atoms with Crippen LogP contribution in [0.1, 0.15) is 25.6 Å². The van der Waals surface area contributed by atoms with Crippen molar-refractivity contribution >= 4 is 17.5 Å². The molecule has 0 aliphatic heterocycles. The third kappa shape index (κ3) is 3.14. The third-order valence-electron chi connectivity index (χ3n) is 2.73. The van der Waals surface area contributed by atoms with Gasteiger partial charge < -0.3 is 15.3 Å². The molecule has 0 aromatic carbocycles. The number of nitrogens with zero attached hydrogens (tertiary/aromatic N) is 3. The lowest BCUT2D eigenvalue weighted by molar-refractivity contribution is -0.118. The van der Waals surface area contributed by atoms with Gasteiger partial charge in [-0.15, -0.1) is 0 Å². The molecule has 0 aliphatic carbocycles. The van der Waals surface area contributed by atoms with Gasteiger partial charge in [0.25, 0.3) is 0 Å². The van der Waals surface area contributed by atoms with Crippen molar-refractivity contribution in [2.45, 2.75) is 32.7 Å². The van der Waals surface area contributed by atoms with Crippen LogP contribution >= 0.6 is 11.6 Å². The lowest BCUT2D eigenvalue weighted by Crippen LogP contribution is -2.18. The Balaban J connectivity index is 2.28. The van der Waals surface area contributed by atoms with Gasteiger partial charge in [-0.05, 0) is 6.42 Å². The van der Waals surface area contributed by atoms with Crippen molar-refractivity contribution in [1.29, 1.82) is 0 Å². The Hall–Kier alpha value is -1.82. The molecular weight excluding hydrogens is 266 g/mol. The number of nitrogens with two attached hydrogens (primary N) is 1. The quantitative estimate of drug-likeness (QED) is 0.845. The molecule has 102 valence electrons. The molecule has 1 amide bonds. The summed E-state index contributed by atoms with van der Waals surface area (Å²) in [6.07, 6.45) is 6.24. The van der Waals surface area contributed by atoms with E-state index in [1.807, 2.05) is 0 Å². The van der Waals surface area contributed by atoms with Crippen molar-refractivity contribution in [2.75, 3.05) is 0 Å². The molecule has 0 radical (unpaired) electrons. The zero-order chi connectivity index (χ0) is 13.8. The van der Waals surface area contributed by atoms with E-state index >= 15 is 0 Å². The highest BCUT2D eigenvalue weighted by molar-refractivity contribution is 6.31. The fourth-order valence-corrected chi connectivity index (χ4v) is 2.07. The summed E-state index contributed by atoms with van der Waals surface area (Å²) in [7, 11) is 0. The van der Waals surface area contributed by atoms with Gasteiger partial charge in [0.1, 0.15) is 23.2 Å². The van der Waals surface area contributed by atoms with Crippen molar-refractivity contribution in [3.05, 3.63) is 23.4 Å². The molecule has 0 atom stereocenters. The smallest absolute Gasteiger partial charge is 0.237 e. The predicted octanol–water partition coefficient (Wildman–Crippen LogP) is 1.75. The average Bonchev–Trinajstić information content (AvgIpc) is 2.92. The van der Waals surface area contributed by atoms with E-state index in [-0.39, 0.29) is 6.54 Å². The number of primary amides is 1. The van der Waals surface area contributed by atoms with Crippen LogP contribution in [0.5, 0.6) is 0 Å². The highest BCUT2D eigenvalue weighted by Gasteiger charge is 2.16. The van der Waals surface area contributed by atoms with E-state index in [1.54, 1.807) is 17.0 Å². The maximum Gasteiger partial charge on any atom is 0.237 e. The van der Waals surface area contributed by atoms with Crippen LogP contribution in [0, 0.1) is 0 Å². The van der Waals surface area contributed by atoms with E-state index in [0.717, 1.165) is 25.1 Å². The molecule has 0 unspecified atom stereocenters. The summed E-state index contributed by atoms with van der Waals surface area (Å²) in [6, 6.07) is 0. The summed E-state index contributed by atoms with van der Waals surface area (Å²) in [5.74, 6) is 0.940. The van der Waals surface area contributed by atoms with E-state index in [2.05, 4.69) is 21.9 Å². The second-order valence-corrected chi connectivity index (χ2v) is 4.67. The first kappa shape index (κ1) is 13.6. The molecule has 0 spiro atoms. The second kappa shape index (κ2) is 5.88. The van der Waals surface area contributed by atoms with Crippen molar-refractivity contribution in [2.24, 2.45) is 5.73 Å². The molecule has 3 N–H and O–H groups in total. The van der Waals surface area contributed by atoms with Crippen LogP contribution in [0.15, 0.2) is 12.4 Å². The number of amides is 1. The summed E-state index contributed by atoms with van der Waals surface area (Å²) < 4.78 is 1.63. The van der Waals surface area contributed by atoms with Gasteiger partial charge in [0.15, 0.2) is 5.82 Å². The highest BCUT2D eigenvalue weighted by atomic mass is 35.5. The largest absolute Gasteiger partial charge is 0.368 e. The molecule has 6 nitrogen and oxygen atoms in total. The normalized spacial score (nSPS) is 10.8. The molecule has 0 fully saturated rings. The van der Waals surface area contributed by atoms with Crippen molar-refractivity contribution < 1.29 is 4.79 Å². The number of aromatic amines is 1. The molecule has 0 saturated heterocycles. The Kier molecular flexibility index (Phi) is 4.21.